The highest BCUT2D eigenvalue weighted by atomic mass is 19.1. The Bertz CT molecular complexity index is 751. The molecule has 0 aliphatic rings. The number of nitrogens with zero attached hydrogens (tertiary/aromatic N) is 3. The maximum absolute atomic E-state index is 13.8. The summed E-state index contributed by atoms with van der Waals surface area (Å²) in [5.74, 6) is 0.567. The van der Waals surface area contributed by atoms with Crippen LogP contribution >= 0.6 is 0 Å². The topological polar surface area (TPSA) is 54.2 Å². The van der Waals surface area contributed by atoms with Crippen molar-refractivity contribution in [3.63, 3.8) is 0 Å². The fourth-order valence-corrected chi connectivity index (χ4v) is 2.80. The summed E-state index contributed by atoms with van der Waals surface area (Å²) in [5.41, 5.74) is 3.78. The second kappa shape index (κ2) is 9.36. The van der Waals surface area contributed by atoms with Gasteiger partial charge in [0.15, 0.2) is 5.96 Å². The number of aromatic nitrogens is 2. The Morgan fingerprint density at radius 2 is 2.04 bits per heavy atom. The molecule has 142 valence electrons. The first kappa shape index (κ1) is 19.9. The van der Waals surface area contributed by atoms with Crippen molar-refractivity contribution in [2.45, 2.75) is 53.6 Å². The van der Waals surface area contributed by atoms with Gasteiger partial charge in [-0.15, -0.1) is 0 Å². The number of guanidine groups is 1. The van der Waals surface area contributed by atoms with Crippen molar-refractivity contribution < 1.29 is 4.39 Å². The Morgan fingerprint density at radius 3 is 2.65 bits per heavy atom. The number of hydrogen-bond acceptors (Lipinski definition) is 2. The molecule has 1 atom stereocenters. The van der Waals surface area contributed by atoms with E-state index in [2.05, 4.69) is 33.7 Å². The van der Waals surface area contributed by atoms with E-state index in [1.807, 2.05) is 31.5 Å². The number of nitrogens with one attached hydrogen (secondary N) is 2. The molecule has 0 radical (unpaired) electrons. The van der Waals surface area contributed by atoms with Crippen molar-refractivity contribution in [2.24, 2.45) is 4.99 Å². The lowest BCUT2D eigenvalue weighted by atomic mass is 10.1. The van der Waals surface area contributed by atoms with Gasteiger partial charge in [-0.05, 0) is 64.3 Å². The average molecular weight is 359 g/mol. The predicted molar refractivity (Wildman–Crippen MR) is 105 cm³/mol. The third-order valence-corrected chi connectivity index (χ3v) is 4.29. The van der Waals surface area contributed by atoms with Crippen LogP contribution in [0, 0.1) is 26.6 Å². The molecule has 0 saturated carbocycles. The second-order valence-corrected chi connectivity index (χ2v) is 6.64. The summed E-state index contributed by atoms with van der Waals surface area (Å²) >= 11 is 0. The molecule has 0 saturated heterocycles. The molecule has 0 aliphatic carbocycles. The van der Waals surface area contributed by atoms with Crippen LogP contribution in [0.4, 0.5) is 4.39 Å². The van der Waals surface area contributed by atoms with E-state index in [0.717, 1.165) is 36.7 Å². The zero-order chi connectivity index (χ0) is 19.1. The first-order chi connectivity index (χ1) is 12.4. The molecule has 1 aromatic carbocycles. The highest BCUT2D eigenvalue weighted by Crippen LogP contribution is 2.16. The van der Waals surface area contributed by atoms with E-state index in [0.29, 0.717) is 12.1 Å². The summed E-state index contributed by atoms with van der Waals surface area (Å²) in [7, 11) is 0. The highest BCUT2D eigenvalue weighted by molar-refractivity contribution is 5.80. The van der Waals surface area contributed by atoms with Gasteiger partial charge in [0.1, 0.15) is 5.82 Å². The average Bonchev–Trinajstić information content (AvgIpc) is 2.91. The van der Waals surface area contributed by atoms with Crippen LogP contribution in [0.15, 0.2) is 29.3 Å². The number of hydrogen-bond donors (Lipinski definition) is 2. The van der Waals surface area contributed by atoms with Crippen LogP contribution in [0.3, 0.4) is 0 Å². The van der Waals surface area contributed by atoms with Crippen LogP contribution in [0.2, 0.25) is 0 Å². The predicted octanol–water partition coefficient (Wildman–Crippen LogP) is 3.65. The van der Waals surface area contributed by atoms with Gasteiger partial charge in [-0.1, -0.05) is 12.1 Å². The number of aliphatic imine (C=N–C) groups is 1. The summed E-state index contributed by atoms with van der Waals surface area (Å²) in [6.07, 6.45) is 0.909. The second-order valence-electron chi connectivity index (χ2n) is 6.64. The van der Waals surface area contributed by atoms with Crippen molar-refractivity contribution in [1.29, 1.82) is 0 Å². The van der Waals surface area contributed by atoms with E-state index < -0.39 is 0 Å². The van der Waals surface area contributed by atoms with Crippen molar-refractivity contribution in [2.75, 3.05) is 13.1 Å². The van der Waals surface area contributed by atoms with E-state index >= 15 is 0 Å². The Kier molecular flexibility index (Phi) is 7.18. The maximum Gasteiger partial charge on any atom is 0.191 e. The number of benzene rings is 1. The molecule has 0 spiro atoms. The zero-order valence-electron chi connectivity index (χ0n) is 16.4. The van der Waals surface area contributed by atoms with Crippen molar-refractivity contribution in [3.8, 4) is 0 Å². The van der Waals surface area contributed by atoms with Crippen molar-refractivity contribution in [1.82, 2.24) is 20.4 Å². The minimum Gasteiger partial charge on any atom is -0.357 e. The van der Waals surface area contributed by atoms with Gasteiger partial charge in [-0.25, -0.2) is 4.39 Å². The first-order valence-electron chi connectivity index (χ1n) is 9.22. The maximum atomic E-state index is 13.8. The molecule has 0 fully saturated rings. The lowest BCUT2D eigenvalue weighted by Crippen LogP contribution is -2.38. The van der Waals surface area contributed by atoms with E-state index in [4.69, 9.17) is 0 Å². The molecule has 1 heterocycles. The van der Waals surface area contributed by atoms with Crippen LogP contribution in [0.5, 0.6) is 0 Å². The fourth-order valence-electron chi connectivity index (χ4n) is 2.80. The Hall–Kier alpha value is -2.37. The SMILES string of the molecule is CCNC(=NCCCn1nc(C)cc1C)NC(C)c1ccc(C)c(F)c1. The van der Waals surface area contributed by atoms with Gasteiger partial charge in [0.05, 0.1) is 11.7 Å². The number of rotatable bonds is 7. The van der Waals surface area contributed by atoms with E-state index in [9.17, 15) is 4.39 Å². The summed E-state index contributed by atoms with van der Waals surface area (Å²) in [6, 6.07) is 7.39. The molecular weight excluding hydrogens is 329 g/mol. The van der Waals surface area contributed by atoms with Crippen LogP contribution in [-0.2, 0) is 6.54 Å². The van der Waals surface area contributed by atoms with Gasteiger partial charge >= 0.3 is 0 Å². The van der Waals surface area contributed by atoms with Gasteiger partial charge in [0, 0.05) is 25.3 Å². The molecule has 1 aromatic heterocycles. The normalized spacial score (nSPS) is 12.9. The lowest BCUT2D eigenvalue weighted by Gasteiger charge is -2.18. The van der Waals surface area contributed by atoms with Crippen LogP contribution in [0.25, 0.3) is 0 Å². The largest absolute Gasteiger partial charge is 0.357 e. The molecule has 2 rings (SSSR count). The summed E-state index contributed by atoms with van der Waals surface area (Å²) in [6.45, 7) is 12.2. The molecular formula is C20H30FN5. The third-order valence-electron chi connectivity index (χ3n) is 4.29. The Morgan fingerprint density at radius 1 is 1.27 bits per heavy atom. The molecule has 0 aliphatic heterocycles. The van der Waals surface area contributed by atoms with Crippen molar-refractivity contribution >= 4 is 5.96 Å². The van der Waals surface area contributed by atoms with Gasteiger partial charge in [0.2, 0.25) is 0 Å². The molecule has 2 N–H and O–H groups in total. The quantitative estimate of drug-likeness (QED) is 0.451. The van der Waals surface area contributed by atoms with E-state index in [-0.39, 0.29) is 11.9 Å². The van der Waals surface area contributed by atoms with E-state index in [1.165, 1.54) is 5.69 Å². The molecule has 0 bridgehead atoms. The Balaban J connectivity index is 1.92. The number of aryl methyl sites for hydroxylation is 4. The molecule has 26 heavy (non-hydrogen) atoms. The minimum atomic E-state index is -0.178. The minimum absolute atomic E-state index is 0.0288. The summed E-state index contributed by atoms with van der Waals surface area (Å²) < 4.78 is 15.8. The molecule has 0 amide bonds. The van der Waals surface area contributed by atoms with Gasteiger partial charge in [-0.3, -0.25) is 9.67 Å². The summed E-state index contributed by atoms with van der Waals surface area (Å²) in [4.78, 5) is 4.63. The van der Waals surface area contributed by atoms with Crippen LogP contribution in [0.1, 0.15) is 48.8 Å². The summed E-state index contributed by atoms with van der Waals surface area (Å²) in [5, 5.41) is 11.1. The Labute approximate surface area is 155 Å². The molecule has 1 unspecified atom stereocenters. The molecule has 6 heteroatoms. The fraction of sp³-hybridized carbons (Fsp3) is 0.500. The molecule has 2 aromatic rings. The van der Waals surface area contributed by atoms with Gasteiger partial charge in [0.25, 0.3) is 0 Å². The van der Waals surface area contributed by atoms with Crippen LogP contribution < -0.4 is 10.6 Å². The highest BCUT2D eigenvalue weighted by Gasteiger charge is 2.09. The smallest absolute Gasteiger partial charge is 0.191 e. The standard InChI is InChI=1S/C20H30FN5/c1-6-22-20(23-10-7-11-26-16(4)12-15(3)25-26)24-17(5)18-9-8-14(2)19(21)13-18/h8-9,12-13,17H,6-7,10-11H2,1-5H3,(H2,22,23,24). The molecule has 5 nitrogen and oxygen atoms in total. The van der Waals surface area contributed by atoms with Gasteiger partial charge in [-0.2, -0.15) is 5.10 Å². The van der Waals surface area contributed by atoms with Crippen molar-refractivity contribution in [3.05, 3.63) is 52.6 Å². The monoisotopic (exact) mass is 359 g/mol. The van der Waals surface area contributed by atoms with Crippen LogP contribution in [-0.4, -0.2) is 28.8 Å². The third kappa shape index (κ3) is 5.58. The zero-order valence-corrected chi connectivity index (χ0v) is 16.4. The lowest BCUT2D eigenvalue weighted by molar-refractivity contribution is 0.566. The van der Waals surface area contributed by atoms with E-state index in [1.54, 1.807) is 19.1 Å². The first-order valence-corrected chi connectivity index (χ1v) is 9.22. The number of halogens is 1. The van der Waals surface area contributed by atoms with Gasteiger partial charge < -0.3 is 10.6 Å².